The van der Waals surface area contributed by atoms with Gasteiger partial charge in [-0.2, -0.15) is 0 Å². The van der Waals surface area contributed by atoms with E-state index in [0.717, 1.165) is 57.3 Å². The first kappa shape index (κ1) is 24.7. The van der Waals surface area contributed by atoms with Crippen molar-refractivity contribution in [1.82, 2.24) is 10.6 Å². The van der Waals surface area contributed by atoms with Gasteiger partial charge in [-0.15, -0.1) is 24.0 Å². The highest BCUT2D eigenvalue weighted by molar-refractivity contribution is 14.0. The average molecular weight is 527 g/mol. The van der Waals surface area contributed by atoms with Crippen molar-refractivity contribution < 1.29 is 13.9 Å². The summed E-state index contributed by atoms with van der Waals surface area (Å²) in [6.45, 7) is 6.64. The second-order valence-electron chi connectivity index (χ2n) is 7.55. The Hall–Kier alpha value is -1.58. The molecule has 2 aromatic rings. The van der Waals surface area contributed by atoms with Crippen molar-refractivity contribution in [3.63, 3.8) is 0 Å². The number of benzene rings is 1. The van der Waals surface area contributed by atoms with Crippen LogP contribution in [0, 0.1) is 6.92 Å². The van der Waals surface area contributed by atoms with E-state index >= 15 is 0 Å². The lowest BCUT2D eigenvalue weighted by Gasteiger charge is -2.39. The molecule has 1 aromatic heterocycles. The molecule has 0 amide bonds. The van der Waals surface area contributed by atoms with Crippen LogP contribution in [0.4, 0.5) is 0 Å². The summed E-state index contributed by atoms with van der Waals surface area (Å²) < 4.78 is 16.5. The van der Waals surface area contributed by atoms with Crippen LogP contribution in [0.25, 0.3) is 0 Å². The molecule has 166 valence electrons. The van der Waals surface area contributed by atoms with Gasteiger partial charge in [-0.05, 0) is 49.4 Å². The molecule has 1 saturated heterocycles. The Morgan fingerprint density at radius 3 is 2.63 bits per heavy atom. The maximum Gasteiger partial charge on any atom is 0.191 e. The number of halogens is 1. The molecule has 0 aliphatic carbocycles. The molecular weight excluding hydrogens is 493 g/mol. The third kappa shape index (κ3) is 6.99. The fourth-order valence-electron chi connectivity index (χ4n) is 3.89. The van der Waals surface area contributed by atoms with Crippen molar-refractivity contribution in [3.05, 3.63) is 59.5 Å². The number of ether oxygens (including phenoxy) is 2. The zero-order chi connectivity index (χ0) is 20.4. The average Bonchev–Trinajstić information content (AvgIpc) is 3.27. The Balaban J connectivity index is 0.00000320. The molecule has 0 spiro atoms. The van der Waals surface area contributed by atoms with Gasteiger partial charge in [-0.25, -0.2) is 0 Å². The summed E-state index contributed by atoms with van der Waals surface area (Å²) in [4.78, 5) is 4.39. The number of aryl methyl sites for hydroxylation is 1. The number of rotatable bonds is 9. The van der Waals surface area contributed by atoms with Gasteiger partial charge in [0.1, 0.15) is 12.4 Å². The van der Waals surface area contributed by atoms with Crippen molar-refractivity contribution in [3.8, 4) is 0 Å². The van der Waals surface area contributed by atoms with Gasteiger partial charge in [0.05, 0.1) is 6.26 Å². The van der Waals surface area contributed by atoms with E-state index in [1.807, 2.05) is 19.2 Å². The number of furan rings is 1. The standard InChI is InChI=1S/C23H33N3O3.HI/c1-19-7-3-4-9-21(19)23(10-15-27-16-11-23)18-26-22(24-2)25-12-6-13-28-17-20-8-5-14-29-20;/h3-5,7-9,14H,6,10-13,15-18H2,1-2H3,(H2,24,25,26);1H. The van der Waals surface area contributed by atoms with E-state index in [0.29, 0.717) is 13.2 Å². The van der Waals surface area contributed by atoms with Gasteiger partial charge in [0.15, 0.2) is 5.96 Å². The summed E-state index contributed by atoms with van der Waals surface area (Å²) in [7, 11) is 1.81. The van der Waals surface area contributed by atoms with Crippen molar-refractivity contribution in [1.29, 1.82) is 0 Å². The third-order valence-electron chi connectivity index (χ3n) is 5.57. The molecule has 1 aliphatic rings. The molecule has 0 atom stereocenters. The lowest BCUT2D eigenvalue weighted by atomic mass is 9.72. The van der Waals surface area contributed by atoms with Crippen molar-refractivity contribution in [2.75, 3.05) is 40.0 Å². The molecule has 0 bridgehead atoms. The molecule has 0 saturated carbocycles. The Bertz CT molecular complexity index is 759. The summed E-state index contributed by atoms with van der Waals surface area (Å²) in [5, 5.41) is 6.94. The first-order valence-electron chi connectivity index (χ1n) is 10.4. The lowest BCUT2D eigenvalue weighted by Crippen LogP contribution is -2.48. The number of nitrogens with one attached hydrogen (secondary N) is 2. The monoisotopic (exact) mass is 527 g/mol. The summed E-state index contributed by atoms with van der Waals surface area (Å²) in [5.41, 5.74) is 2.83. The van der Waals surface area contributed by atoms with E-state index < -0.39 is 0 Å². The Morgan fingerprint density at radius 1 is 1.13 bits per heavy atom. The van der Waals surface area contributed by atoms with E-state index in [1.54, 1.807) is 6.26 Å². The topological polar surface area (TPSA) is 68.0 Å². The predicted octanol–water partition coefficient (Wildman–Crippen LogP) is 4.03. The molecule has 1 fully saturated rings. The van der Waals surface area contributed by atoms with E-state index in [4.69, 9.17) is 13.9 Å². The fourth-order valence-corrected chi connectivity index (χ4v) is 3.89. The van der Waals surface area contributed by atoms with Crippen LogP contribution in [-0.4, -0.2) is 45.9 Å². The van der Waals surface area contributed by atoms with Crippen LogP contribution < -0.4 is 10.6 Å². The number of aliphatic imine (C=N–C) groups is 1. The Kier molecular flexibility index (Phi) is 10.7. The highest BCUT2D eigenvalue weighted by atomic mass is 127. The first-order chi connectivity index (χ1) is 14.2. The lowest BCUT2D eigenvalue weighted by molar-refractivity contribution is 0.0511. The quantitative estimate of drug-likeness (QED) is 0.223. The molecule has 7 heteroatoms. The van der Waals surface area contributed by atoms with Gasteiger partial charge in [-0.3, -0.25) is 4.99 Å². The fraction of sp³-hybridized carbons (Fsp3) is 0.522. The van der Waals surface area contributed by atoms with Crippen LogP contribution >= 0.6 is 24.0 Å². The predicted molar refractivity (Wildman–Crippen MR) is 131 cm³/mol. The van der Waals surface area contributed by atoms with Crippen LogP contribution in [0.5, 0.6) is 0 Å². The van der Waals surface area contributed by atoms with Gasteiger partial charge in [0.25, 0.3) is 0 Å². The van der Waals surface area contributed by atoms with E-state index in [-0.39, 0.29) is 29.4 Å². The summed E-state index contributed by atoms with van der Waals surface area (Å²) in [6, 6.07) is 12.5. The normalized spacial score (nSPS) is 16.0. The zero-order valence-electron chi connectivity index (χ0n) is 18.0. The van der Waals surface area contributed by atoms with Gasteiger partial charge in [0.2, 0.25) is 0 Å². The van der Waals surface area contributed by atoms with Gasteiger partial charge in [0, 0.05) is 45.4 Å². The molecule has 1 aliphatic heterocycles. The molecule has 0 unspecified atom stereocenters. The van der Waals surface area contributed by atoms with Crippen LogP contribution in [-0.2, 0) is 21.5 Å². The van der Waals surface area contributed by atoms with Crippen molar-refractivity contribution in [2.24, 2.45) is 4.99 Å². The summed E-state index contributed by atoms with van der Waals surface area (Å²) >= 11 is 0. The number of hydrogen-bond donors (Lipinski definition) is 2. The maximum absolute atomic E-state index is 5.65. The molecule has 6 nitrogen and oxygen atoms in total. The highest BCUT2D eigenvalue weighted by Gasteiger charge is 2.35. The SMILES string of the molecule is CN=C(NCCCOCc1ccco1)NCC1(c2ccccc2C)CCOCC1.I. The molecule has 1 aromatic carbocycles. The second-order valence-corrected chi connectivity index (χ2v) is 7.55. The second kappa shape index (κ2) is 13.0. The molecular formula is C23H34IN3O3. The summed E-state index contributed by atoms with van der Waals surface area (Å²) in [6.07, 6.45) is 4.60. The minimum Gasteiger partial charge on any atom is -0.467 e. The van der Waals surface area contributed by atoms with Gasteiger partial charge >= 0.3 is 0 Å². The first-order valence-corrected chi connectivity index (χ1v) is 10.4. The molecule has 2 heterocycles. The van der Waals surface area contributed by atoms with E-state index in [2.05, 4.69) is 46.8 Å². The largest absolute Gasteiger partial charge is 0.467 e. The summed E-state index contributed by atoms with van der Waals surface area (Å²) in [5.74, 6) is 1.68. The minimum atomic E-state index is 0. The highest BCUT2D eigenvalue weighted by Crippen LogP contribution is 2.36. The van der Waals surface area contributed by atoms with Crippen molar-refractivity contribution in [2.45, 2.75) is 38.2 Å². The van der Waals surface area contributed by atoms with E-state index in [9.17, 15) is 0 Å². The Labute approximate surface area is 196 Å². The minimum absolute atomic E-state index is 0. The zero-order valence-corrected chi connectivity index (χ0v) is 20.3. The number of hydrogen-bond acceptors (Lipinski definition) is 4. The van der Waals surface area contributed by atoms with E-state index in [1.165, 1.54) is 11.1 Å². The number of guanidine groups is 1. The smallest absolute Gasteiger partial charge is 0.191 e. The third-order valence-corrected chi connectivity index (χ3v) is 5.57. The van der Waals surface area contributed by atoms with Crippen LogP contribution in [0.3, 0.4) is 0 Å². The Morgan fingerprint density at radius 2 is 1.93 bits per heavy atom. The molecule has 0 radical (unpaired) electrons. The van der Waals surface area contributed by atoms with Crippen molar-refractivity contribution >= 4 is 29.9 Å². The van der Waals surface area contributed by atoms with Gasteiger partial charge < -0.3 is 24.5 Å². The molecule has 3 rings (SSSR count). The maximum atomic E-state index is 5.65. The van der Waals surface area contributed by atoms with Crippen LogP contribution in [0.15, 0.2) is 52.1 Å². The molecule has 2 N–H and O–H groups in total. The van der Waals surface area contributed by atoms with Crippen LogP contribution in [0.2, 0.25) is 0 Å². The van der Waals surface area contributed by atoms with Gasteiger partial charge in [-0.1, -0.05) is 24.3 Å². The molecule has 30 heavy (non-hydrogen) atoms. The van der Waals surface area contributed by atoms with Crippen LogP contribution in [0.1, 0.15) is 36.1 Å². The number of nitrogens with zero attached hydrogens (tertiary/aromatic N) is 1.